The molecule has 0 spiro atoms. The Morgan fingerprint density at radius 3 is 2.65 bits per heavy atom. The Morgan fingerprint density at radius 2 is 1.96 bits per heavy atom. The third-order valence-electron chi connectivity index (χ3n) is 3.70. The van der Waals surface area contributed by atoms with E-state index >= 15 is 0 Å². The first kappa shape index (κ1) is 18.7. The summed E-state index contributed by atoms with van der Waals surface area (Å²) in [6.07, 6.45) is 0. The molecule has 136 valence electrons. The van der Waals surface area contributed by atoms with Crippen molar-refractivity contribution in [3.8, 4) is 0 Å². The Bertz CT molecular complexity index is 1090. The highest BCUT2D eigenvalue weighted by Crippen LogP contribution is 2.36. The zero-order valence-electron chi connectivity index (χ0n) is 14.1. The van der Waals surface area contributed by atoms with Crippen LogP contribution < -0.4 is 4.72 Å². The third kappa shape index (κ3) is 3.56. The molecule has 0 amide bonds. The second-order valence-electron chi connectivity index (χ2n) is 5.55. The highest BCUT2D eigenvalue weighted by atomic mass is 35.5. The largest absolute Gasteiger partial charge is 0.462 e. The Hall–Kier alpha value is -2.09. The van der Waals surface area contributed by atoms with Gasteiger partial charge in [-0.15, -0.1) is 11.3 Å². The topological polar surface area (TPSA) is 72.5 Å². The van der Waals surface area contributed by atoms with E-state index in [9.17, 15) is 13.2 Å². The fraction of sp³-hybridized carbons (Fsp3) is 0.167. The first-order chi connectivity index (χ1) is 12.3. The predicted molar refractivity (Wildman–Crippen MR) is 105 cm³/mol. The molecule has 0 aliphatic rings. The van der Waals surface area contributed by atoms with Crippen molar-refractivity contribution in [2.75, 3.05) is 11.3 Å². The van der Waals surface area contributed by atoms with Crippen LogP contribution in [0.5, 0.6) is 0 Å². The number of benzene rings is 2. The number of aryl methyl sites for hydroxylation is 1. The summed E-state index contributed by atoms with van der Waals surface area (Å²) >= 11 is 7.17. The van der Waals surface area contributed by atoms with Gasteiger partial charge >= 0.3 is 5.97 Å². The van der Waals surface area contributed by atoms with Gasteiger partial charge in [-0.1, -0.05) is 35.9 Å². The molecule has 8 heteroatoms. The van der Waals surface area contributed by atoms with Crippen LogP contribution in [0.2, 0.25) is 5.02 Å². The van der Waals surface area contributed by atoms with Gasteiger partial charge in [0.2, 0.25) is 0 Å². The summed E-state index contributed by atoms with van der Waals surface area (Å²) in [7, 11) is -4.02. The van der Waals surface area contributed by atoms with E-state index in [4.69, 9.17) is 16.3 Å². The molecule has 0 saturated carbocycles. The minimum Gasteiger partial charge on any atom is -0.462 e. The standard InChI is InChI=1S/C18H16ClNO4S2/c1-3-24-18(21)16-17(13-6-4-5-7-15(13)25-16)26(22,23)20-12-9-8-11(2)14(19)10-12/h4-10,20H,3H2,1-2H3. The van der Waals surface area contributed by atoms with E-state index in [2.05, 4.69) is 4.72 Å². The van der Waals surface area contributed by atoms with Crippen LogP contribution in [0.3, 0.4) is 0 Å². The number of halogens is 1. The smallest absolute Gasteiger partial charge is 0.349 e. The second-order valence-corrected chi connectivity index (χ2v) is 8.63. The summed E-state index contributed by atoms with van der Waals surface area (Å²) in [5.74, 6) is -0.656. The maximum Gasteiger partial charge on any atom is 0.349 e. The fourth-order valence-corrected chi connectivity index (χ4v) is 5.51. The number of hydrogen-bond acceptors (Lipinski definition) is 5. The molecule has 0 radical (unpaired) electrons. The van der Waals surface area contributed by atoms with E-state index in [0.29, 0.717) is 20.8 Å². The molecule has 3 rings (SSSR count). The number of ether oxygens (including phenoxy) is 1. The van der Waals surface area contributed by atoms with E-state index in [0.717, 1.165) is 16.9 Å². The van der Waals surface area contributed by atoms with Gasteiger partial charge in [0.05, 0.1) is 12.3 Å². The number of carbonyl (C=O) groups excluding carboxylic acids is 1. The van der Waals surface area contributed by atoms with E-state index in [1.807, 2.05) is 6.92 Å². The van der Waals surface area contributed by atoms with Gasteiger partial charge in [0.25, 0.3) is 10.0 Å². The molecule has 0 aliphatic heterocycles. The van der Waals surface area contributed by atoms with Crippen LogP contribution in [-0.4, -0.2) is 21.0 Å². The summed E-state index contributed by atoms with van der Waals surface area (Å²) in [5, 5.41) is 0.928. The van der Waals surface area contributed by atoms with Gasteiger partial charge in [-0.25, -0.2) is 13.2 Å². The minimum absolute atomic E-state index is 0.0544. The molecule has 0 bridgehead atoms. The van der Waals surface area contributed by atoms with Gasteiger partial charge in [-0.05, 0) is 37.6 Å². The molecule has 26 heavy (non-hydrogen) atoms. The molecule has 0 saturated heterocycles. The maximum absolute atomic E-state index is 13.0. The lowest BCUT2D eigenvalue weighted by atomic mass is 10.2. The van der Waals surface area contributed by atoms with Crippen molar-refractivity contribution in [2.45, 2.75) is 18.7 Å². The zero-order chi connectivity index (χ0) is 18.9. The average molecular weight is 410 g/mol. The van der Waals surface area contributed by atoms with Gasteiger partial charge in [0, 0.05) is 15.1 Å². The number of esters is 1. The highest BCUT2D eigenvalue weighted by Gasteiger charge is 2.29. The number of hydrogen-bond donors (Lipinski definition) is 1. The summed E-state index contributed by atoms with van der Waals surface area (Å²) < 4.78 is 34.3. The number of fused-ring (bicyclic) bond motifs is 1. The van der Waals surface area contributed by atoms with Crippen LogP contribution in [0.4, 0.5) is 5.69 Å². The Labute approximate surface area is 160 Å². The number of thiophene rings is 1. The Balaban J connectivity index is 2.13. The number of anilines is 1. The minimum atomic E-state index is -4.02. The third-order valence-corrected chi connectivity index (χ3v) is 6.86. The molecular weight excluding hydrogens is 394 g/mol. The van der Waals surface area contributed by atoms with Crippen LogP contribution >= 0.6 is 22.9 Å². The van der Waals surface area contributed by atoms with Crippen molar-refractivity contribution in [3.63, 3.8) is 0 Å². The number of rotatable bonds is 5. The van der Waals surface area contributed by atoms with Crippen LogP contribution in [0.1, 0.15) is 22.2 Å². The highest BCUT2D eigenvalue weighted by molar-refractivity contribution is 7.93. The quantitative estimate of drug-likeness (QED) is 0.612. The van der Waals surface area contributed by atoms with Crippen molar-refractivity contribution < 1.29 is 17.9 Å². The zero-order valence-corrected chi connectivity index (χ0v) is 16.5. The SMILES string of the molecule is CCOC(=O)c1sc2ccccc2c1S(=O)(=O)Nc1ccc(C)c(Cl)c1. The molecule has 0 atom stereocenters. The van der Waals surface area contributed by atoms with Crippen molar-refractivity contribution >= 4 is 54.7 Å². The molecule has 0 unspecified atom stereocenters. The molecule has 0 aliphatic carbocycles. The summed E-state index contributed by atoms with van der Waals surface area (Å²) in [6.45, 7) is 3.66. The van der Waals surface area contributed by atoms with Gasteiger partial charge in [-0.3, -0.25) is 4.72 Å². The normalized spacial score (nSPS) is 11.5. The van der Waals surface area contributed by atoms with Crippen molar-refractivity contribution in [2.24, 2.45) is 0 Å². The van der Waals surface area contributed by atoms with Crippen LogP contribution in [0, 0.1) is 6.92 Å². The molecule has 0 fully saturated rings. The summed E-state index contributed by atoms with van der Waals surface area (Å²) in [5.41, 5.74) is 1.16. The molecule has 1 heterocycles. The van der Waals surface area contributed by atoms with Crippen molar-refractivity contribution in [3.05, 3.63) is 57.9 Å². The molecule has 1 aromatic heterocycles. The predicted octanol–water partition coefficient (Wildman–Crippen LogP) is 4.84. The Morgan fingerprint density at radius 1 is 1.23 bits per heavy atom. The first-order valence-electron chi connectivity index (χ1n) is 7.81. The van der Waals surface area contributed by atoms with E-state index in [1.165, 1.54) is 6.07 Å². The lowest BCUT2D eigenvalue weighted by Gasteiger charge is -2.10. The first-order valence-corrected chi connectivity index (χ1v) is 10.5. The van der Waals surface area contributed by atoms with E-state index in [-0.39, 0.29) is 16.4 Å². The van der Waals surface area contributed by atoms with Crippen LogP contribution in [0.25, 0.3) is 10.1 Å². The molecule has 5 nitrogen and oxygen atoms in total. The number of nitrogens with one attached hydrogen (secondary N) is 1. The van der Waals surface area contributed by atoms with E-state index in [1.54, 1.807) is 43.3 Å². The molecule has 3 aromatic rings. The van der Waals surface area contributed by atoms with Crippen LogP contribution in [0.15, 0.2) is 47.4 Å². The maximum atomic E-state index is 13.0. The summed E-state index contributed by atoms with van der Waals surface area (Å²) in [6, 6.07) is 11.8. The van der Waals surface area contributed by atoms with Crippen LogP contribution in [-0.2, 0) is 14.8 Å². The second kappa shape index (κ2) is 7.26. The van der Waals surface area contributed by atoms with Gasteiger partial charge in [-0.2, -0.15) is 0 Å². The van der Waals surface area contributed by atoms with Gasteiger partial charge in [0.15, 0.2) is 0 Å². The lowest BCUT2D eigenvalue weighted by molar-refractivity contribution is 0.0528. The Kier molecular flexibility index (Phi) is 5.22. The van der Waals surface area contributed by atoms with Gasteiger partial charge < -0.3 is 4.74 Å². The van der Waals surface area contributed by atoms with E-state index < -0.39 is 16.0 Å². The van der Waals surface area contributed by atoms with Crippen molar-refractivity contribution in [1.29, 1.82) is 0 Å². The fourth-order valence-electron chi connectivity index (χ4n) is 2.48. The number of carbonyl (C=O) groups is 1. The average Bonchev–Trinajstić information content (AvgIpc) is 2.99. The van der Waals surface area contributed by atoms with Crippen molar-refractivity contribution in [1.82, 2.24) is 0 Å². The monoisotopic (exact) mass is 409 g/mol. The lowest BCUT2D eigenvalue weighted by Crippen LogP contribution is -2.16. The van der Waals surface area contributed by atoms with Gasteiger partial charge in [0.1, 0.15) is 9.77 Å². The molecule has 1 N–H and O–H groups in total. The number of sulfonamides is 1. The summed E-state index contributed by atoms with van der Waals surface area (Å²) in [4.78, 5) is 12.3. The molecule has 2 aromatic carbocycles. The molecular formula is C18H16ClNO4S2.